The third-order valence-corrected chi connectivity index (χ3v) is 5.26. The van der Waals surface area contributed by atoms with E-state index < -0.39 is 5.54 Å². The molecule has 20 heavy (non-hydrogen) atoms. The van der Waals surface area contributed by atoms with Crippen LogP contribution >= 0.6 is 23.4 Å². The summed E-state index contributed by atoms with van der Waals surface area (Å²) in [7, 11) is 1.44. The molecule has 1 saturated carbocycles. The summed E-state index contributed by atoms with van der Waals surface area (Å²) in [4.78, 5) is 16.4. The zero-order valence-corrected chi connectivity index (χ0v) is 13.3. The van der Waals surface area contributed by atoms with E-state index in [2.05, 4.69) is 10.3 Å². The van der Waals surface area contributed by atoms with Crippen molar-refractivity contribution in [2.24, 2.45) is 0 Å². The summed E-state index contributed by atoms with van der Waals surface area (Å²) in [5.74, 6) is -0.172. The quantitative estimate of drug-likeness (QED) is 0.847. The van der Waals surface area contributed by atoms with E-state index >= 15 is 0 Å². The lowest BCUT2D eigenvalue weighted by Gasteiger charge is -2.27. The minimum absolute atomic E-state index is 0.172. The van der Waals surface area contributed by atoms with E-state index in [1.165, 1.54) is 7.11 Å². The van der Waals surface area contributed by atoms with Crippen LogP contribution in [0.4, 0.5) is 0 Å². The first kappa shape index (κ1) is 15.6. The molecule has 4 nitrogen and oxygen atoms in total. The molecule has 1 fully saturated rings. The van der Waals surface area contributed by atoms with Gasteiger partial charge in [-0.1, -0.05) is 18.5 Å². The van der Waals surface area contributed by atoms with Crippen molar-refractivity contribution in [1.29, 1.82) is 0 Å². The van der Waals surface area contributed by atoms with Crippen LogP contribution in [0, 0.1) is 0 Å². The summed E-state index contributed by atoms with van der Waals surface area (Å²) in [6.45, 7) is 2.75. The Bertz CT molecular complexity index is 486. The molecule has 2 atom stereocenters. The van der Waals surface area contributed by atoms with Crippen LogP contribution in [0.15, 0.2) is 23.4 Å². The summed E-state index contributed by atoms with van der Waals surface area (Å²) < 4.78 is 4.96. The zero-order valence-electron chi connectivity index (χ0n) is 11.7. The van der Waals surface area contributed by atoms with E-state index in [-0.39, 0.29) is 5.97 Å². The molecule has 1 N–H and O–H groups in total. The molecular weight excluding hydrogens is 296 g/mol. The fourth-order valence-corrected chi connectivity index (χ4v) is 4.15. The lowest BCUT2D eigenvalue weighted by atomic mass is 9.98. The number of hydrogen-bond acceptors (Lipinski definition) is 5. The number of nitrogens with zero attached hydrogens (tertiary/aromatic N) is 1. The number of carbonyl (C=O) groups is 1. The first-order valence-corrected chi connectivity index (χ1v) is 7.97. The van der Waals surface area contributed by atoms with Gasteiger partial charge in [0.15, 0.2) is 0 Å². The minimum Gasteiger partial charge on any atom is -0.468 e. The molecule has 0 saturated heterocycles. The number of halogens is 1. The number of ether oxygens (including phenoxy) is 1. The number of carbonyl (C=O) groups excluding carboxylic acids is 1. The third-order valence-electron chi connectivity index (χ3n) is 3.56. The second-order valence-electron chi connectivity index (χ2n) is 4.88. The molecule has 0 aromatic carbocycles. The number of thioether (sulfide) groups is 1. The van der Waals surface area contributed by atoms with Gasteiger partial charge in [-0.05, 0) is 37.9 Å². The fraction of sp³-hybridized carbons (Fsp3) is 0.571. The van der Waals surface area contributed by atoms with Gasteiger partial charge >= 0.3 is 5.97 Å². The summed E-state index contributed by atoms with van der Waals surface area (Å²) in [6, 6.07) is 3.65. The molecule has 1 aliphatic carbocycles. The summed E-state index contributed by atoms with van der Waals surface area (Å²) in [5.41, 5.74) is -0.553. The summed E-state index contributed by atoms with van der Waals surface area (Å²) >= 11 is 7.78. The number of methoxy groups -OCH3 is 1. The van der Waals surface area contributed by atoms with Gasteiger partial charge < -0.3 is 10.1 Å². The number of pyridine rings is 1. The highest BCUT2D eigenvalue weighted by molar-refractivity contribution is 8.00. The van der Waals surface area contributed by atoms with E-state index in [1.807, 2.05) is 19.1 Å². The van der Waals surface area contributed by atoms with Crippen molar-refractivity contribution in [3.05, 3.63) is 23.4 Å². The van der Waals surface area contributed by atoms with Crippen molar-refractivity contribution < 1.29 is 9.53 Å². The maximum absolute atomic E-state index is 12.1. The zero-order chi connectivity index (χ0) is 14.6. The Morgan fingerprint density at radius 3 is 3.15 bits per heavy atom. The monoisotopic (exact) mass is 314 g/mol. The summed E-state index contributed by atoms with van der Waals surface area (Å²) in [5, 5.41) is 5.11. The van der Waals surface area contributed by atoms with Crippen molar-refractivity contribution >= 4 is 29.3 Å². The van der Waals surface area contributed by atoms with Gasteiger partial charge in [-0.2, -0.15) is 0 Å². The normalized spacial score (nSPS) is 25.6. The standard InChI is InChI=1S/C14H19ClN2O2S/c1-3-17-14(13(18)19-2)7-6-10(9-14)20-12-11(15)5-4-8-16-12/h4-5,8,10,17H,3,6-7,9H2,1-2H3. The molecule has 2 unspecified atom stereocenters. The van der Waals surface area contributed by atoms with Crippen molar-refractivity contribution in [3.8, 4) is 0 Å². The van der Waals surface area contributed by atoms with Crippen LogP contribution in [-0.4, -0.2) is 35.4 Å². The predicted octanol–water partition coefficient (Wildman–Crippen LogP) is 2.90. The Kier molecular flexibility index (Phi) is 5.29. The molecule has 2 rings (SSSR count). The number of rotatable bonds is 5. The molecule has 0 bridgehead atoms. The first-order chi connectivity index (χ1) is 9.61. The van der Waals surface area contributed by atoms with E-state index in [4.69, 9.17) is 16.3 Å². The molecule has 1 heterocycles. The predicted molar refractivity (Wildman–Crippen MR) is 81.2 cm³/mol. The van der Waals surface area contributed by atoms with Crippen LogP contribution in [0.2, 0.25) is 5.02 Å². The highest BCUT2D eigenvalue weighted by Crippen LogP contribution is 2.41. The van der Waals surface area contributed by atoms with Crippen LogP contribution in [0.5, 0.6) is 0 Å². The molecule has 0 amide bonds. The number of aromatic nitrogens is 1. The topological polar surface area (TPSA) is 51.2 Å². The molecule has 0 radical (unpaired) electrons. The van der Waals surface area contributed by atoms with Crippen LogP contribution in [0.3, 0.4) is 0 Å². The Balaban J connectivity index is 2.07. The maximum Gasteiger partial charge on any atom is 0.326 e. The lowest BCUT2D eigenvalue weighted by molar-refractivity contribution is -0.148. The number of likely N-dealkylation sites (N-methyl/N-ethyl adjacent to an activating group) is 1. The Labute approximate surface area is 128 Å². The molecule has 0 spiro atoms. The van der Waals surface area contributed by atoms with Crippen LogP contribution in [-0.2, 0) is 9.53 Å². The van der Waals surface area contributed by atoms with Gasteiger partial charge in [-0.15, -0.1) is 11.8 Å². The fourth-order valence-electron chi connectivity index (χ4n) is 2.67. The number of esters is 1. The van der Waals surface area contributed by atoms with E-state index in [9.17, 15) is 4.79 Å². The molecular formula is C14H19ClN2O2S. The Morgan fingerprint density at radius 2 is 2.50 bits per heavy atom. The third kappa shape index (κ3) is 3.27. The van der Waals surface area contributed by atoms with E-state index in [0.717, 1.165) is 30.8 Å². The van der Waals surface area contributed by atoms with Crippen LogP contribution < -0.4 is 5.32 Å². The second kappa shape index (κ2) is 6.78. The summed E-state index contributed by atoms with van der Waals surface area (Å²) in [6.07, 6.45) is 4.21. The molecule has 6 heteroatoms. The molecule has 0 aliphatic heterocycles. The van der Waals surface area contributed by atoms with Gasteiger partial charge in [0.1, 0.15) is 10.6 Å². The number of hydrogen-bond donors (Lipinski definition) is 1. The average molecular weight is 315 g/mol. The van der Waals surface area contributed by atoms with E-state index in [0.29, 0.717) is 10.3 Å². The van der Waals surface area contributed by atoms with Gasteiger partial charge in [0, 0.05) is 11.4 Å². The maximum atomic E-state index is 12.1. The number of nitrogens with one attached hydrogen (secondary N) is 1. The van der Waals surface area contributed by atoms with Gasteiger partial charge in [-0.25, -0.2) is 4.98 Å². The lowest BCUT2D eigenvalue weighted by Crippen LogP contribution is -2.50. The second-order valence-corrected chi connectivity index (χ2v) is 6.57. The highest BCUT2D eigenvalue weighted by atomic mass is 35.5. The van der Waals surface area contributed by atoms with Crippen molar-refractivity contribution in [1.82, 2.24) is 10.3 Å². The van der Waals surface area contributed by atoms with Gasteiger partial charge in [0.05, 0.1) is 12.1 Å². The highest BCUT2D eigenvalue weighted by Gasteiger charge is 2.46. The largest absolute Gasteiger partial charge is 0.468 e. The SMILES string of the molecule is CCNC1(C(=O)OC)CCC(Sc2ncccc2Cl)C1. The van der Waals surface area contributed by atoms with Crippen molar-refractivity contribution in [2.45, 2.75) is 42.0 Å². The minimum atomic E-state index is -0.553. The van der Waals surface area contributed by atoms with Crippen LogP contribution in [0.1, 0.15) is 26.2 Å². The van der Waals surface area contributed by atoms with Crippen LogP contribution in [0.25, 0.3) is 0 Å². The van der Waals surface area contributed by atoms with Crippen molar-refractivity contribution in [3.63, 3.8) is 0 Å². The molecule has 1 aliphatic rings. The van der Waals surface area contributed by atoms with Gasteiger partial charge in [0.25, 0.3) is 0 Å². The Morgan fingerprint density at radius 1 is 1.70 bits per heavy atom. The van der Waals surface area contributed by atoms with Gasteiger partial charge in [-0.3, -0.25) is 4.79 Å². The molecule has 1 aromatic heterocycles. The van der Waals surface area contributed by atoms with E-state index in [1.54, 1.807) is 18.0 Å². The Hall–Kier alpha value is -0.780. The first-order valence-electron chi connectivity index (χ1n) is 6.72. The smallest absolute Gasteiger partial charge is 0.326 e. The van der Waals surface area contributed by atoms with Crippen molar-refractivity contribution in [2.75, 3.05) is 13.7 Å². The van der Waals surface area contributed by atoms with Gasteiger partial charge in [0.2, 0.25) is 0 Å². The molecule has 1 aromatic rings. The average Bonchev–Trinajstić information content (AvgIpc) is 2.85. The molecule has 110 valence electrons.